The highest BCUT2D eigenvalue weighted by atomic mass is 32.2. The van der Waals surface area contributed by atoms with Crippen molar-refractivity contribution in [3.63, 3.8) is 0 Å². The number of amides is 1. The average molecular weight is 511 g/mol. The first-order chi connectivity index (χ1) is 17.3. The van der Waals surface area contributed by atoms with Crippen LogP contribution in [0.2, 0.25) is 0 Å². The lowest BCUT2D eigenvalue weighted by Gasteiger charge is -2.35. The summed E-state index contributed by atoms with van der Waals surface area (Å²) in [6, 6.07) is 19.2. The third kappa shape index (κ3) is 5.57. The number of anilines is 1. The standard InChI is InChI=1S/C27H30N2O6S/c1-4-20-6-8-22(9-7-20)34-16-15-28-27(30)26-18-29(24-14-5-19(2)17-25(24)35-26)36(31,32)23-12-10-21(33-3)11-13-23/h5-14,17,26H,4,15-16,18H2,1-3H3,(H,28,30). The molecule has 190 valence electrons. The quantitative estimate of drug-likeness (QED) is 0.441. The first-order valence-corrected chi connectivity index (χ1v) is 13.2. The Bertz CT molecular complexity index is 1310. The van der Waals surface area contributed by atoms with E-state index in [9.17, 15) is 13.2 Å². The van der Waals surface area contributed by atoms with Gasteiger partial charge in [-0.15, -0.1) is 0 Å². The molecule has 0 bridgehead atoms. The Morgan fingerprint density at radius 3 is 2.42 bits per heavy atom. The van der Waals surface area contributed by atoms with Gasteiger partial charge in [0.15, 0.2) is 6.10 Å². The number of aryl methyl sites for hydroxylation is 2. The third-order valence-electron chi connectivity index (χ3n) is 5.93. The van der Waals surface area contributed by atoms with Crippen LogP contribution in [0.25, 0.3) is 0 Å². The van der Waals surface area contributed by atoms with Crippen LogP contribution in [0.4, 0.5) is 5.69 Å². The second-order valence-corrected chi connectivity index (χ2v) is 10.3. The predicted molar refractivity (Wildman–Crippen MR) is 137 cm³/mol. The number of benzene rings is 3. The summed E-state index contributed by atoms with van der Waals surface area (Å²) in [6.45, 7) is 4.32. The van der Waals surface area contributed by atoms with Crippen molar-refractivity contribution in [3.05, 3.63) is 77.9 Å². The number of carbonyl (C=O) groups excluding carboxylic acids is 1. The molecule has 4 rings (SSSR count). The molecule has 9 heteroatoms. The van der Waals surface area contributed by atoms with Crippen molar-refractivity contribution in [2.24, 2.45) is 0 Å². The van der Waals surface area contributed by atoms with Crippen molar-refractivity contribution < 1.29 is 27.4 Å². The van der Waals surface area contributed by atoms with Crippen molar-refractivity contribution in [1.82, 2.24) is 5.32 Å². The molecule has 1 N–H and O–H groups in total. The molecule has 0 saturated carbocycles. The van der Waals surface area contributed by atoms with E-state index in [4.69, 9.17) is 14.2 Å². The first kappa shape index (κ1) is 25.4. The number of nitrogens with zero attached hydrogens (tertiary/aromatic N) is 1. The molecule has 1 atom stereocenters. The van der Waals surface area contributed by atoms with Gasteiger partial charge in [0.25, 0.3) is 15.9 Å². The second-order valence-electron chi connectivity index (χ2n) is 8.43. The Morgan fingerprint density at radius 1 is 1.06 bits per heavy atom. The summed E-state index contributed by atoms with van der Waals surface area (Å²) in [5.74, 6) is 1.19. The van der Waals surface area contributed by atoms with Crippen molar-refractivity contribution in [2.75, 3.05) is 31.1 Å². The molecule has 0 aliphatic carbocycles. The van der Waals surface area contributed by atoms with E-state index >= 15 is 0 Å². The molecule has 36 heavy (non-hydrogen) atoms. The van der Waals surface area contributed by atoms with Crippen LogP contribution in [-0.4, -0.2) is 47.2 Å². The van der Waals surface area contributed by atoms with E-state index in [0.29, 0.717) is 17.2 Å². The highest BCUT2D eigenvalue weighted by Crippen LogP contribution is 2.38. The summed E-state index contributed by atoms with van der Waals surface area (Å²) in [4.78, 5) is 13.0. The molecular weight excluding hydrogens is 480 g/mol. The van der Waals surface area contributed by atoms with Gasteiger partial charge >= 0.3 is 0 Å². The molecule has 0 spiro atoms. The topological polar surface area (TPSA) is 94.2 Å². The molecule has 0 radical (unpaired) electrons. The normalized spacial score (nSPS) is 15.0. The molecule has 1 amide bonds. The number of ether oxygens (including phenoxy) is 3. The second kappa shape index (κ2) is 10.9. The number of hydrogen-bond donors (Lipinski definition) is 1. The maximum atomic E-state index is 13.5. The predicted octanol–water partition coefficient (Wildman–Crippen LogP) is 3.72. The van der Waals surface area contributed by atoms with Crippen LogP contribution in [-0.2, 0) is 21.2 Å². The molecule has 0 aromatic heterocycles. The van der Waals surface area contributed by atoms with E-state index in [2.05, 4.69) is 12.2 Å². The molecular formula is C27H30N2O6S. The van der Waals surface area contributed by atoms with Gasteiger partial charge in [0.2, 0.25) is 0 Å². The van der Waals surface area contributed by atoms with Gasteiger partial charge in [-0.1, -0.05) is 25.1 Å². The maximum Gasteiger partial charge on any atom is 0.264 e. The molecule has 1 heterocycles. The van der Waals surface area contributed by atoms with E-state index in [1.54, 1.807) is 24.3 Å². The van der Waals surface area contributed by atoms with E-state index < -0.39 is 22.0 Å². The van der Waals surface area contributed by atoms with Gasteiger partial charge in [0.1, 0.15) is 23.9 Å². The van der Waals surface area contributed by atoms with Gasteiger partial charge in [-0.25, -0.2) is 8.42 Å². The zero-order valence-electron chi connectivity index (χ0n) is 20.6. The molecule has 8 nitrogen and oxygen atoms in total. The van der Waals surface area contributed by atoms with E-state index in [1.807, 2.05) is 37.3 Å². The van der Waals surface area contributed by atoms with Crippen LogP contribution in [0, 0.1) is 6.92 Å². The van der Waals surface area contributed by atoms with Crippen molar-refractivity contribution in [3.8, 4) is 17.2 Å². The van der Waals surface area contributed by atoms with Gasteiger partial charge in [-0.3, -0.25) is 9.10 Å². The van der Waals surface area contributed by atoms with Crippen molar-refractivity contribution in [2.45, 2.75) is 31.3 Å². The fraction of sp³-hybridized carbons (Fsp3) is 0.296. The third-order valence-corrected chi connectivity index (χ3v) is 7.72. The Balaban J connectivity index is 1.47. The average Bonchev–Trinajstić information content (AvgIpc) is 2.90. The van der Waals surface area contributed by atoms with Crippen LogP contribution in [0.5, 0.6) is 17.2 Å². The van der Waals surface area contributed by atoms with E-state index in [1.165, 1.54) is 29.1 Å². The lowest BCUT2D eigenvalue weighted by molar-refractivity contribution is -0.127. The number of hydrogen-bond acceptors (Lipinski definition) is 6. The summed E-state index contributed by atoms with van der Waals surface area (Å²) in [6.07, 6.45) is -0.0675. The molecule has 1 unspecified atom stereocenters. The lowest BCUT2D eigenvalue weighted by atomic mass is 10.1. The number of nitrogens with one attached hydrogen (secondary N) is 1. The smallest absolute Gasteiger partial charge is 0.264 e. The highest BCUT2D eigenvalue weighted by Gasteiger charge is 2.37. The minimum absolute atomic E-state index is 0.0957. The number of sulfonamides is 1. The molecule has 1 aliphatic rings. The fourth-order valence-corrected chi connectivity index (χ4v) is 5.35. The van der Waals surface area contributed by atoms with Crippen LogP contribution in [0.15, 0.2) is 71.6 Å². The van der Waals surface area contributed by atoms with Crippen LogP contribution >= 0.6 is 0 Å². The lowest BCUT2D eigenvalue weighted by Crippen LogP contribution is -2.51. The highest BCUT2D eigenvalue weighted by molar-refractivity contribution is 7.92. The van der Waals surface area contributed by atoms with Crippen LogP contribution in [0.1, 0.15) is 18.1 Å². The molecule has 3 aromatic carbocycles. The maximum absolute atomic E-state index is 13.5. The van der Waals surface area contributed by atoms with E-state index in [-0.39, 0.29) is 24.6 Å². The zero-order valence-corrected chi connectivity index (χ0v) is 21.4. The van der Waals surface area contributed by atoms with E-state index in [0.717, 1.165) is 17.7 Å². The molecule has 1 aliphatic heterocycles. The van der Waals surface area contributed by atoms with Crippen molar-refractivity contribution in [1.29, 1.82) is 0 Å². The van der Waals surface area contributed by atoms with Gasteiger partial charge in [-0.2, -0.15) is 0 Å². The Labute approximate surface area is 211 Å². The van der Waals surface area contributed by atoms with Gasteiger partial charge in [0, 0.05) is 0 Å². The monoisotopic (exact) mass is 510 g/mol. The van der Waals surface area contributed by atoms with Crippen LogP contribution in [0.3, 0.4) is 0 Å². The summed E-state index contributed by atoms with van der Waals surface area (Å²) < 4.78 is 45.1. The minimum Gasteiger partial charge on any atom is -0.497 e. The van der Waals surface area contributed by atoms with Gasteiger partial charge in [-0.05, 0) is 73.0 Å². The zero-order chi connectivity index (χ0) is 25.7. The Kier molecular flexibility index (Phi) is 7.69. The van der Waals surface area contributed by atoms with Gasteiger partial charge < -0.3 is 19.5 Å². The molecule has 3 aromatic rings. The summed E-state index contributed by atoms with van der Waals surface area (Å²) in [5, 5.41) is 2.79. The summed E-state index contributed by atoms with van der Waals surface area (Å²) in [5.41, 5.74) is 2.49. The SMILES string of the molecule is CCc1ccc(OCCNC(=O)C2CN(S(=O)(=O)c3ccc(OC)cc3)c3ccc(C)cc3O2)cc1. The fourth-order valence-electron chi connectivity index (χ4n) is 3.88. The summed E-state index contributed by atoms with van der Waals surface area (Å²) in [7, 11) is -2.44. The van der Waals surface area contributed by atoms with Crippen LogP contribution < -0.4 is 23.8 Å². The number of methoxy groups -OCH3 is 1. The number of rotatable bonds is 9. The van der Waals surface area contributed by atoms with Crippen molar-refractivity contribution >= 4 is 21.6 Å². The Hall–Kier alpha value is -3.72. The minimum atomic E-state index is -3.95. The molecule has 0 fully saturated rings. The number of fused-ring (bicyclic) bond motifs is 1. The number of carbonyl (C=O) groups is 1. The largest absolute Gasteiger partial charge is 0.497 e. The molecule has 0 saturated heterocycles. The Morgan fingerprint density at radius 2 is 1.75 bits per heavy atom. The first-order valence-electron chi connectivity index (χ1n) is 11.8. The van der Waals surface area contributed by atoms with Gasteiger partial charge in [0.05, 0.1) is 30.8 Å². The summed E-state index contributed by atoms with van der Waals surface area (Å²) >= 11 is 0.